The van der Waals surface area contributed by atoms with Crippen molar-refractivity contribution in [2.75, 3.05) is 12.1 Å². The highest BCUT2D eigenvalue weighted by Gasteiger charge is 2.34. The van der Waals surface area contributed by atoms with Gasteiger partial charge in [-0.05, 0) is 42.5 Å². The number of fused-ring (bicyclic) bond motifs is 1. The number of anilines is 1. The summed E-state index contributed by atoms with van der Waals surface area (Å²) in [7, 11) is 1.58. The van der Waals surface area contributed by atoms with Crippen molar-refractivity contribution < 1.29 is 22.7 Å². The number of methoxy groups -OCH3 is 1. The Morgan fingerprint density at radius 1 is 1.12 bits per heavy atom. The molecule has 1 aromatic heterocycles. The first-order chi connectivity index (χ1) is 12.4. The minimum atomic E-state index is -4.52. The van der Waals surface area contributed by atoms with Gasteiger partial charge in [-0.2, -0.15) is 13.2 Å². The third-order valence-corrected chi connectivity index (χ3v) is 3.89. The maximum Gasteiger partial charge on any atom is 0.449 e. The first kappa shape index (κ1) is 16.3. The van der Waals surface area contributed by atoms with Gasteiger partial charge in [-0.15, -0.1) is 0 Å². The fourth-order valence-electron chi connectivity index (χ4n) is 2.57. The molecule has 26 heavy (non-hydrogen) atoms. The van der Waals surface area contributed by atoms with Gasteiger partial charge in [-0.3, -0.25) is 0 Å². The van der Waals surface area contributed by atoms with Crippen molar-refractivity contribution in [2.45, 2.75) is 6.18 Å². The summed E-state index contributed by atoms with van der Waals surface area (Å²) >= 11 is 0. The highest BCUT2D eigenvalue weighted by molar-refractivity contribution is 5.80. The van der Waals surface area contributed by atoms with Crippen molar-refractivity contribution in [3.05, 3.63) is 60.1 Å². The zero-order chi connectivity index (χ0) is 18.3. The molecule has 0 saturated carbocycles. The molecule has 2 N–H and O–H groups in total. The Labute approximate surface area is 145 Å². The number of hydrogen-bond donors (Lipinski definition) is 2. The fourth-order valence-corrected chi connectivity index (χ4v) is 2.57. The second-order valence-corrected chi connectivity index (χ2v) is 5.57. The van der Waals surface area contributed by atoms with Gasteiger partial charge in [0.05, 0.1) is 30.0 Å². The Morgan fingerprint density at radius 2 is 1.88 bits per heavy atom. The van der Waals surface area contributed by atoms with E-state index in [-0.39, 0.29) is 11.0 Å². The van der Waals surface area contributed by atoms with Gasteiger partial charge in [-0.25, -0.2) is 9.99 Å². The fraction of sp³-hybridized carbons (Fsp3) is 0.118. The van der Waals surface area contributed by atoms with Gasteiger partial charge >= 0.3 is 6.18 Å². The highest BCUT2D eigenvalue weighted by atomic mass is 19.4. The van der Waals surface area contributed by atoms with E-state index in [4.69, 9.17) is 9.57 Å². The molecule has 6 nitrogen and oxygen atoms in total. The summed E-state index contributed by atoms with van der Waals surface area (Å²) in [6.45, 7) is 0. The topological polar surface area (TPSA) is 62.4 Å². The molecule has 9 heteroatoms. The zero-order valence-corrected chi connectivity index (χ0v) is 13.5. The van der Waals surface area contributed by atoms with Crippen LogP contribution in [-0.4, -0.2) is 17.1 Å². The van der Waals surface area contributed by atoms with E-state index in [1.165, 1.54) is 6.07 Å². The van der Waals surface area contributed by atoms with Crippen LogP contribution in [0.25, 0.3) is 16.8 Å². The number of aromatic nitrogens is 2. The molecule has 0 radical (unpaired) electrons. The Hall–Kier alpha value is -3.20. The minimum absolute atomic E-state index is 0.236. The molecule has 0 amide bonds. The molecule has 2 aromatic carbocycles. The number of hydrazine groups is 1. The van der Waals surface area contributed by atoms with Crippen LogP contribution in [0.4, 0.5) is 18.9 Å². The van der Waals surface area contributed by atoms with Crippen LogP contribution in [0.15, 0.2) is 48.7 Å². The number of halogens is 3. The normalized spacial score (nSPS) is 14.5. The number of H-pyrrole nitrogens is 1. The lowest BCUT2D eigenvalue weighted by Gasteiger charge is -2.13. The average Bonchev–Trinajstić information content (AvgIpc) is 3.28. The van der Waals surface area contributed by atoms with E-state index in [2.05, 4.69) is 15.6 Å². The quantitative estimate of drug-likeness (QED) is 0.741. The lowest BCUT2D eigenvalue weighted by Crippen LogP contribution is -2.26. The van der Waals surface area contributed by atoms with Crippen molar-refractivity contribution >= 4 is 22.5 Å². The van der Waals surface area contributed by atoms with E-state index in [9.17, 15) is 13.2 Å². The van der Waals surface area contributed by atoms with Gasteiger partial charge in [0.2, 0.25) is 5.82 Å². The number of nitrogens with zero attached hydrogens (tertiary/aromatic N) is 2. The number of nitrogens with one attached hydrogen (secondary N) is 2. The summed E-state index contributed by atoms with van der Waals surface area (Å²) in [4.78, 5) is 11.3. The maximum atomic E-state index is 12.8. The van der Waals surface area contributed by atoms with Gasteiger partial charge in [0.1, 0.15) is 5.75 Å². The van der Waals surface area contributed by atoms with E-state index in [0.29, 0.717) is 11.3 Å². The predicted octanol–water partition coefficient (Wildman–Crippen LogP) is 3.85. The van der Waals surface area contributed by atoms with E-state index < -0.39 is 12.0 Å². The minimum Gasteiger partial charge on any atom is -0.497 e. The summed E-state index contributed by atoms with van der Waals surface area (Å²) < 4.78 is 43.4. The van der Waals surface area contributed by atoms with Crippen LogP contribution >= 0.6 is 0 Å². The molecule has 3 aromatic rings. The molecule has 0 spiro atoms. The summed E-state index contributed by atoms with van der Waals surface area (Å²) in [5, 5.41) is 1.65. The van der Waals surface area contributed by atoms with Crippen LogP contribution in [0.3, 0.4) is 0 Å². The third kappa shape index (κ3) is 2.93. The Bertz CT molecular complexity index is 980. The van der Waals surface area contributed by atoms with Crippen LogP contribution in [-0.2, 0) is 11.0 Å². The van der Waals surface area contributed by atoms with Crippen LogP contribution < -0.4 is 15.3 Å². The molecule has 0 bridgehead atoms. The summed E-state index contributed by atoms with van der Waals surface area (Å²) in [5.74, 6) is 0.165. The molecular weight excluding hydrogens is 349 g/mol. The molecule has 4 rings (SSSR count). The number of alkyl halides is 3. The van der Waals surface area contributed by atoms with E-state index >= 15 is 0 Å². The molecular formula is C17H13F3N4O2. The van der Waals surface area contributed by atoms with Gasteiger partial charge in [-0.1, -0.05) is 5.59 Å². The summed E-state index contributed by atoms with van der Waals surface area (Å²) in [5.41, 5.74) is 4.66. The molecule has 134 valence electrons. The lowest BCUT2D eigenvalue weighted by atomic mass is 10.1. The average molecular weight is 362 g/mol. The highest BCUT2D eigenvalue weighted by Crippen LogP contribution is 2.31. The van der Waals surface area contributed by atoms with Crippen molar-refractivity contribution in [1.82, 2.24) is 15.6 Å². The number of benzene rings is 2. The van der Waals surface area contributed by atoms with Gasteiger partial charge in [0.15, 0.2) is 5.76 Å². The number of ether oxygens (including phenoxy) is 1. The predicted molar refractivity (Wildman–Crippen MR) is 88.8 cm³/mol. The van der Waals surface area contributed by atoms with Crippen LogP contribution in [0.1, 0.15) is 11.4 Å². The molecule has 2 heterocycles. The summed E-state index contributed by atoms with van der Waals surface area (Å²) in [6, 6.07) is 12.0. The first-order valence-electron chi connectivity index (χ1n) is 7.59. The number of hydrogen-bond acceptors (Lipinski definition) is 5. The number of imidazole rings is 1. The van der Waals surface area contributed by atoms with Crippen molar-refractivity contribution in [3.63, 3.8) is 0 Å². The lowest BCUT2D eigenvalue weighted by molar-refractivity contribution is -0.144. The first-order valence-corrected chi connectivity index (χ1v) is 7.59. The Morgan fingerprint density at radius 3 is 2.58 bits per heavy atom. The number of rotatable bonds is 3. The van der Waals surface area contributed by atoms with Crippen LogP contribution in [0, 0.1) is 0 Å². The second kappa shape index (κ2) is 5.95. The molecule has 1 aliphatic heterocycles. The molecule has 0 atom stereocenters. The summed E-state index contributed by atoms with van der Waals surface area (Å²) in [6.07, 6.45) is -2.82. The molecule has 0 fully saturated rings. The molecule has 0 saturated heterocycles. The van der Waals surface area contributed by atoms with Crippen molar-refractivity contribution in [2.24, 2.45) is 0 Å². The molecule has 0 aliphatic carbocycles. The number of aromatic amines is 1. The standard InChI is InChI=1S/C17H13F3N4O2/c1-25-12-5-3-11(4-6-12)24-9-15(26-23-24)10-2-7-13-14(8-10)22-16(21-13)17(18,19)20/h2-9,23H,1H3,(H,21,22). The van der Waals surface area contributed by atoms with Gasteiger partial charge < -0.3 is 14.6 Å². The SMILES string of the molecule is COc1ccc(N2C=C(c3ccc4nc(C(F)(F)F)[nH]c4c3)ON2)cc1. The van der Waals surface area contributed by atoms with Gasteiger partial charge in [0, 0.05) is 5.56 Å². The Balaban J connectivity index is 1.62. The molecule has 1 aliphatic rings. The van der Waals surface area contributed by atoms with Crippen molar-refractivity contribution in [3.8, 4) is 5.75 Å². The van der Waals surface area contributed by atoms with Crippen LogP contribution in [0.5, 0.6) is 5.75 Å². The third-order valence-electron chi connectivity index (χ3n) is 3.89. The van der Waals surface area contributed by atoms with E-state index in [0.717, 1.165) is 11.4 Å². The van der Waals surface area contributed by atoms with E-state index in [1.54, 1.807) is 42.6 Å². The smallest absolute Gasteiger partial charge is 0.449 e. The van der Waals surface area contributed by atoms with Gasteiger partial charge in [0.25, 0.3) is 0 Å². The van der Waals surface area contributed by atoms with E-state index in [1.807, 2.05) is 12.1 Å². The second-order valence-electron chi connectivity index (χ2n) is 5.57. The van der Waals surface area contributed by atoms with Crippen LogP contribution in [0.2, 0.25) is 0 Å². The Kier molecular flexibility index (Phi) is 3.73. The largest absolute Gasteiger partial charge is 0.497 e. The molecule has 0 unspecified atom stereocenters. The maximum absolute atomic E-state index is 12.8. The zero-order valence-electron chi connectivity index (χ0n) is 13.5. The van der Waals surface area contributed by atoms with Crippen molar-refractivity contribution in [1.29, 1.82) is 0 Å². The monoisotopic (exact) mass is 362 g/mol.